The molecule has 58 valence electrons. The van der Waals surface area contributed by atoms with Crippen LogP contribution in [0.15, 0.2) is 12.3 Å². The highest BCUT2D eigenvalue weighted by molar-refractivity contribution is 5.88. The lowest BCUT2D eigenvalue weighted by atomic mass is 10.2. The van der Waals surface area contributed by atoms with Crippen molar-refractivity contribution in [1.82, 2.24) is 4.98 Å². The minimum absolute atomic E-state index is 0.0926. The number of carboxylic acids is 1. The van der Waals surface area contributed by atoms with Gasteiger partial charge in [-0.2, -0.15) is 0 Å². The number of nitrogens with zero attached hydrogens (tertiary/aromatic N) is 1. The van der Waals surface area contributed by atoms with Gasteiger partial charge in [0.05, 0.1) is 17.5 Å². The second kappa shape index (κ2) is 2.65. The van der Waals surface area contributed by atoms with Crippen LogP contribution in [0.4, 0.5) is 4.39 Å². The van der Waals surface area contributed by atoms with Crippen molar-refractivity contribution in [3.8, 4) is 0 Å². The summed E-state index contributed by atoms with van der Waals surface area (Å²) in [5.74, 6) is -1.79. The highest BCUT2D eigenvalue weighted by Gasteiger charge is 2.08. The van der Waals surface area contributed by atoms with Crippen molar-refractivity contribution in [1.29, 1.82) is 0 Å². The summed E-state index contributed by atoms with van der Waals surface area (Å²) >= 11 is 0. The lowest BCUT2D eigenvalue weighted by Crippen LogP contribution is -2.02. The molecule has 0 spiro atoms. The number of carboxylic acid groups (broad SMARTS) is 1. The van der Waals surface area contributed by atoms with Gasteiger partial charge in [-0.3, -0.25) is 4.98 Å². The fourth-order valence-electron chi connectivity index (χ4n) is 0.724. The first-order valence-electron chi connectivity index (χ1n) is 2.96. The number of hydrogen-bond donors (Lipinski definition) is 1. The molecule has 0 unspecified atom stereocenters. The Hall–Kier alpha value is -1.45. The SMILES string of the molecule is Cc1ncc(F)cc1C(=O)O. The van der Waals surface area contributed by atoms with Gasteiger partial charge in [0, 0.05) is 0 Å². The highest BCUT2D eigenvalue weighted by atomic mass is 19.1. The van der Waals surface area contributed by atoms with E-state index in [1.165, 1.54) is 6.92 Å². The molecule has 1 heterocycles. The quantitative estimate of drug-likeness (QED) is 0.663. The Bertz CT molecular complexity index is 298. The van der Waals surface area contributed by atoms with Crippen molar-refractivity contribution in [2.45, 2.75) is 6.92 Å². The Balaban J connectivity index is 3.23. The van der Waals surface area contributed by atoms with Crippen LogP contribution >= 0.6 is 0 Å². The van der Waals surface area contributed by atoms with Crippen molar-refractivity contribution in [2.75, 3.05) is 0 Å². The van der Waals surface area contributed by atoms with E-state index < -0.39 is 11.8 Å². The van der Waals surface area contributed by atoms with E-state index in [0.717, 1.165) is 12.3 Å². The smallest absolute Gasteiger partial charge is 0.337 e. The number of hydrogen-bond acceptors (Lipinski definition) is 2. The van der Waals surface area contributed by atoms with Crippen LogP contribution in [0.2, 0.25) is 0 Å². The average Bonchev–Trinajstić information content (AvgIpc) is 1.94. The minimum Gasteiger partial charge on any atom is -0.478 e. The second-order valence-electron chi connectivity index (χ2n) is 2.09. The first kappa shape index (κ1) is 7.65. The zero-order valence-corrected chi connectivity index (χ0v) is 5.84. The van der Waals surface area contributed by atoms with Gasteiger partial charge >= 0.3 is 5.97 Å². The number of pyridine rings is 1. The summed E-state index contributed by atoms with van der Waals surface area (Å²) in [6.45, 7) is 1.52. The summed E-state index contributed by atoms with van der Waals surface area (Å²) in [6, 6.07) is 0.949. The van der Waals surface area contributed by atoms with Crippen LogP contribution in [-0.4, -0.2) is 16.1 Å². The molecule has 0 saturated carbocycles. The normalized spacial score (nSPS) is 9.64. The molecular weight excluding hydrogens is 149 g/mol. The topological polar surface area (TPSA) is 50.2 Å². The third-order valence-corrected chi connectivity index (χ3v) is 1.28. The largest absolute Gasteiger partial charge is 0.478 e. The van der Waals surface area contributed by atoms with Gasteiger partial charge < -0.3 is 5.11 Å². The molecule has 0 fully saturated rings. The zero-order valence-electron chi connectivity index (χ0n) is 5.84. The maximum Gasteiger partial charge on any atom is 0.337 e. The molecular formula is C7H6FNO2. The van der Waals surface area contributed by atoms with Crippen LogP contribution in [0.25, 0.3) is 0 Å². The van der Waals surface area contributed by atoms with Crippen molar-refractivity contribution < 1.29 is 14.3 Å². The standard InChI is InChI=1S/C7H6FNO2/c1-4-6(7(10)11)2-5(8)3-9-4/h2-3H,1H3,(H,10,11). The zero-order chi connectivity index (χ0) is 8.43. The summed E-state index contributed by atoms with van der Waals surface area (Å²) in [7, 11) is 0. The molecule has 4 heteroatoms. The Morgan fingerprint density at radius 3 is 2.82 bits per heavy atom. The van der Waals surface area contributed by atoms with Crippen molar-refractivity contribution in [3.05, 3.63) is 29.3 Å². The van der Waals surface area contributed by atoms with Crippen molar-refractivity contribution in [2.24, 2.45) is 0 Å². The van der Waals surface area contributed by atoms with Crippen molar-refractivity contribution >= 4 is 5.97 Å². The van der Waals surface area contributed by atoms with Gasteiger partial charge in [0.15, 0.2) is 0 Å². The van der Waals surface area contributed by atoms with Gasteiger partial charge in [-0.15, -0.1) is 0 Å². The number of halogens is 1. The molecule has 0 aliphatic rings. The van der Waals surface area contributed by atoms with Gasteiger partial charge in [-0.1, -0.05) is 0 Å². The van der Waals surface area contributed by atoms with Crippen LogP contribution in [0.5, 0.6) is 0 Å². The monoisotopic (exact) mass is 155 g/mol. The van der Waals surface area contributed by atoms with Crippen LogP contribution in [0.1, 0.15) is 16.1 Å². The van der Waals surface area contributed by atoms with Gasteiger partial charge in [-0.25, -0.2) is 9.18 Å². The molecule has 11 heavy (non-hydrogen) atoms. The first-order valence-corrected chi connectivity index (χ1v) is 2.96. The fraction of sp³-hybridized carbons (Fsp3) is 0.143. The van der Waals surface area contributed by atoms with Gasteiger partial charge in [-0.05, 0) is 13.0 Å². The molecule has 0 radical (unpaired) electrons. The minimum atomic E-state index is -1.16. The Labute approximate surface area is 62.5 Å². The summed E-state index contributed by atoms with van der Waals surface area (Å²) in [5.41, 5.74) is 0.226. The molecule has 3 nitrogen and oxygen atoms in total. The van der Waals surface area contributed by atoms with Gasteiger partial charge in [0.2, 0.25) is 0 Å². The summed E-state index contributed by atoms with van der Waals surface area (Å²) in [5, 5.41) is 8.48. The Morgan fingerprint density at radius 1 is 1.73 bits per heavy atom. The van der Waals surface area contributed by atoms with Crippen molar-refractivity contribution in [3.63, 3.8) is 0 Å². The molecule has 0 saturated heterocycles. The van der Waals surface area contributed by atoms with E-state index >= 15 is 0 Å². The predicted molar refractivity (Wildman–Crippen MR) is 35.9 cm³/mol. The lowest BCUT2D eigenvalue weighted by Gasteiger charge is -1.97. The summed E-state index contributed by atoms with van der Waals surface area (Å²) in [6.07, 6.45) is 0.988. The number of carbonyl (C=O) groups is 1. The number of aromatic carboxylic acids is 1. The number of aryl methyl sites for hydroxylation is 1. The Kier molecular flexibility index (Phi) is 1.85. The van der Waals surface area contributed by atoms with E-state index in [9.17, 15) is 9.18 Å². The highest BCUT2D eigenvalue weighted by Crippen LogP contribution is 2.05. The molecule has 0 aromatic carbocycles. The second-order valence-corrected chi connectivity index (χ2v) is 2.09. The molecule has 0 atom stereocenters. The van der Waals surface area contributed by atoms with Crippen LogP contribution in [-0.2, 0) is 0 Å². The lowest BCUT2D eigenvalue weighted by molar-refractivity contribution is 0.0695. The summed E-state index contributed by atoms with van der Waals surface area (Å²) in [4.78, 5) is 13.9. The van der Waals surface area contributed by atoms with Gasteiger partial charge in [0.25, 0.3) is 0 Å². The number of rotatable bonds is 1. The molecule has 1 rings (SSSR count). The van der Waals surface area contributed by atoms with E-state index in [0.29, 0.717) is 5.69 Å². The molecule has 0 aliphatic heterocycles. The maximum atomic E-state index is 12.4. The van der Waals surface area contributed by atoms with Crippen LogP contribution in [0, 0.1) is 12.7 Å². The summed E-state index contributed by atoms with van der Waals surface area (Å²) < 4.78 is 12.4. The van der Waals surface area contributed by atoms with Gasteiger partial charge in [0.1, 0.15) is 5.82 Å². The van der Waals surface area contributed by atoms with Crippen LogP contribution in [0.3, 0.4) is 0 Å². The van der Waals surface area contributed by atoms with E-state index in [1.807, 2.05) is 0 Å². The predicted octanol–water partition coefficient (Wildman–Crippen LogP) is 1.23. The molecule has 0 aliphatic carbocycles. The van der Waals surface area contributed by atoms with E-state index in [2.05, 4.69) is 4.98 Å². The average molecular weight is 155 g/mol. The molecule has 1 aromatic heterocycles. The van der Waals surface area contributed by atoms with E-state index in [-0.39, 0.29) is 5.56 Å². The van der Waals surface area contributed by atoms with E-state index in [4.69, 9.17) is 5.11 Å². The fourth-order valence-corrected chi connectivity index (χ4v) is 0.724. The molecule has 1 N–H and O–H groups in total. The van der Waals surface area contributed by atoms with Crippen LogP contribution < -0.4 is 0 Å². The van der Waals surface area contributed by atoms with E-state index in [1.54, 1.807) is 0 Å². The number of aromatic nitrogens is 1. The molecule has 0 bridgehead atoms. The third kappa shape index (κ3) is 1.52. The first-order chi connectivity index (χ1) is 5.11. The maximum absolute atomic E-state index is 12.4. The third-order valence-electron chi connectivity index (χ3n) is 1.28. The molecule has 0 amide bonds. The Morgan fingerprint density at radius 2 is 2.36 bits per heavy atom. The molecule has 1 aromatic rings.